The lowest BCUT2D eigenvalue weighted by Gasteiger charge is -2.34. The van der Waals surface area contributed by atoms with Crippen molar-refractivity contribution in [3.8, 4) is 0 Å². The van der Waals surface area contributed by atoms with E-state index in [4.69, 9.17) is 0 Å². The predicted octanol–water partition coefficient (Wildman–Crippen LogP) is 1.24. The van der Waals surface area contributed by atoms with Gasteiger partial charge in [-0.2, -0.15) is 0 Å². The second-order valence-corrected chi connectivity index (χ2v) is 7.10. The SMILES string of the molecule is CN=C(NCCN1CCN(C(C)=O)CC1)N(C)Cc1csc(C)n1.I. The summed E-state index contributed by atoms with van der Waals surface area (Å²) in [6, 6.07) is 0. The van der Waals surface area contributed by atoms with E-state index in [1.165, 1.54) is 0 Å². The van der Waals surface area contributed by atoms with Crippen LogP contribution in [0.1, 0.15) is 17.6 Å². The Balaban J connectivity index is 0.00000312. The molecule has 1 fully saturated rings. The predicted molar refractivity (Wildman–Crippen MR) is 114 cm³/mol. The van der Waals surface area contributed by atoms with Crippen LogP contribution in [0, 0.1) is 6.92 Å². The van der Waals surface area contributed by atoms with Gasteiger partial charge in [-0.15, -0.1) is 35.3 Å². The first-order valence-electron chi connectivity index (χ1n) is 8.30. The van der Waals surface area contributed by atoms with Crippen LogP contribution < -0.4 is 5.32 Å². The van der Waals surface area contributed by atoms with Crippen molar-refractivity contribution in [2.24, 2.45) is 4.99 Å². The van der Waals surface area contributed by atoms with Crippen LogP contribution >= 0.6 is 35.3 Å². The Morgan fingerprint density at radius 2 is 2.08 bits per heavy atom. The zero-order chi connectivity index (χ0) is 17.5. The highest BCUT2D eigenvalue weighted by Gasteiger charge is 2.18. The Morgan fingerprint density at radius 1 is 1.40 bits per heavy atom. The van der Waals surface area contributed by atoms with Crippen LogP contribution in [-0.2, 0) is 11.3 Å². The number of amides is 1. The van der Waals surface area contributed by atoms with Crippen molar-refractivity contribution < 1.29 is 4.79 Å². The quantitative estimate of drug-likeness (QED) is 0.391. The molecule has 1 aliphatic heterocycles. The number of nitrogens with zero attached hydrogens (tertiary/aromatic N) is 5. The number of aliphatic imine (C=N–C) groups is 1. The number of piperazine rings is 1. The Hall–Kier alpha value is -0.940. The van der Waals surface area contributed by atoms with Crippen molar-refractivity contribution >= 4 is 47.2 Å². The molecule has 1 saturated heterocycles. The molecule has 9 heteroatoms. The Bertz CT molecular complexity index is 571. The number of halogens is 1. The highest BCUT2D eigenvalue weighted by molar-refractivity contribution is 14.0. The molecule has 0 saturated carbocycles. The van der Waals surface area contributed by atoms with E-state index < -0.39 is 0 Å². The second kappa shape index (κ2) is 10.9. The number of rotatable bonds is 5. The van der Waals surface area contributed by atoms with Gasteiger partial charge in [0, 0.05) is 65.7 Å². The summed E-state index contributed by atoms with van der Waals surface area (Å²) in [5.41, 5.74) is 1.07. The van der Waals surface area contributed by atoms with Gasteiger partial charge in [-0.05, 0) is 6.92 Å². The molecule has 2 heterocycles. The maximum Gasteiger partial charge on any atom is 0.219 e. The molecule has 1 amide bonds. The van der Waals surface area contributed by atoms with Gasteiger partial charge in [-0.3, -0.25) is 14.7 Å². The van der Waals surface area contributed by atoms with E-state index in [2.05, 4.69) is 30.5 Å². The number of thiazole rings is 1. The lowest BCUT2D eigenvalue weighted by atomic mass is 10.3. The molecule has 1 aromatic rings. The minimum Gasteiger partial charge on any atom is -0.355 e. The highest BCUT2D eigenvalue weighted by Crippen LogP contribution is 2.09. The fraction of sp³-hybridized carbons (Fsp3) is 0.688. The molecule has 0 spiro atoms. The van der Waals surface area contributed by atoms with Gasteiger partial charge < -0.3 is 15.1 Å². The number of carbonyl (C=O) groups is 1. The number of aromatic nitrogens is 1. The third-order valence-electron chi connectivity index (χ3n) is 4.17. The van der Waals surface area contributed by atoms with Crippen molar-refractivity contribution in [3.05, 3.63) is 16.1 Å². The molecule has 25 heavy (non-hydrogen) atoms. The zero-order valence-electron chi connectivity index (χ0n) is 15.5. The molecule has 0 radical (unpaired) electrons. The summed E-state index contributed by atoms with van der Waals surface area (Å²) in [5.74, 6) is 1.05. The highest BCUT2D eigenvalue weighted by atomic mass is 127. The van der Waals surface area contributed by atoms with Gasteiger partial charge >= 0.3 is 0 Å². The molecule has 0 atom stereocenters. The summed E-state index contributed by atoms with van der Waals surface area (Å²) in [6.07, 6.45) is 0. The second-order valence-electron chi connectivity index (χ2n) is 6.04. The smallest absolute Gasteiger partial charge is 0.219 e. The summed E-state index contributed by atoms with van der Waals surface area (Å²) < 4.78 is 0. The monoisotopic (exact) mass is 480 g/mol. The summed E-state index contributed by atoms with van der Waals surface area (Å²) in [6.45, 7) is 9.73. The number of guanidine groups is 1. The van der Waals surface area contributed by atoms with Crippen molar-refractivity contribution in [2.75, 3.05) is 53.4 Å². The summed E-state index contributed by atoms with van der Waals surface area (Å²) >= 11 is 1.67. The van der Waals surface area contributed by atoms with E-state index in [0.29, 0.717) is 0 Å². The number of aryl methyl sites for hydroxylation is 1. The average molecular weight is 480 g/mol. The van der Waals surface area contributed by atoms with E-state index >= 15 is 0 Å². The molecule has 0 bridgehead atoms. The molecule has 7 nitrogen and oxygen atoms in total. The minimum atomic E-state index is 0. The maximum atomic E-state index is 11.3. The van der Waals surface area contributed by atoms with Gasteiger partial charge in [0.25, 0.3) is 0 Å². The van der Waals surface area contributed by atoms with E-state index in [1.54, 1.807) is 25.3 Å². The van der Waals surface area contributed by atoms with E-state index in [9.17, 15) is 4.79 Å². The normalized spacial score (nSPS) is 15.7. The number of hydrogen-bond acceptors (Lipinski definition) is 5. The molecule has 1 aromatic heterocycles. The molecule has 2 rings (SSSR count). The van der Waals surface area contributed by atoms with Crippen LogP contribution in [0.2, 0.25) is 0 Å². The van der Waals surface area contributed by atoms with Crippen molar-refractivity contribution in [1.29, 1.82) is 0 Å². The van der Waals surface area contributed by atoms with Gasteiger partial charge in [-0.1, -0.05) is 0 Å². The molecule has 0 aromatic carbocycles. The van der Waals surface area contributed by atoms with Gasteiger partial charge in [0.2, 0.25) is 5.91 Å². The molecular formula is C16H29IN6OS. The molecule has 1 N–H and O–H groups in total. The topological polar surface area (TPSA) is 64.1 Å². The largest absolute Gasteiger partial charge is 0.355 e. The van der Waals surface area contributed by atoms with E-state index in [-0.39, 0.29) is 29.9 Å². The first-order chi connectivity index (χ1) is 11.5. The minimum absolute atomic E-state index is 0. The summed E-state index contributed by atoms with van der Waals surface area (Å²) in [7, 11) is 3.83. The van der Waals surface area contributed by atoms with Crippen LogP contribution in [0.5, 0.6) is 0 Å². The summed E-state index contributed by atoms with van der Waals surface area (Å²) in [5, 5.41) is 6.59. The van der Waals surface area contributed by atoms with Crippen LogP contribution in [0.4, 0.5) is 0 Å². The van der Waals surface area contributed by atoms with E-state index in [1.807, 2.05) is 18.9 Å². The Morgan fingerprint density at radius 3 is 2.60 bits per heavy atom. The first kappa shape index (κ1) is 22.1. The third kappa shape index (κ3) is 7.06. The average Bonchev–Trinajstić information content (AvgIpc) is 2.96. The summed E-state index contributed by atoms with van der Waals surface area (Å²) in [4.78, 5) is 26.6. The molecule has 0 unspecified atom stereocenters. The maximum absolute atomic E-state index is 11.3. The van der Waals surface area contributed by atoms with Crippen molar-refractivity contribution in [3.63, 3.8) is 0 Å². The van der Waals surface area contributed by atoms with Crippen molar-refractivity contribution in [2.45, 2.75) is 20.4 Å². The van der Waals surface area contributed by atoms with Crippen LogP contribution in [-0.4, -0.2) is 84.9 Å². The Labute approximate surface area is 171 Å². The fourth-order valence-corrected chi connectivity index (χ4v) is 3.40. The van der Waals surface area contributed by atoms with Crippen LogP contribution in [0.3, 0.4) is 0 Å². The standard InChI is InChI=1S/C16H28N6OS.HI/c1-13-19-15(12-24-13)11-20(4)16(17-3)18-5-6-21-7-9-22(10-8-21)14(2)23;/h12H,5-11H2,1-4H3,(H,17,18);1H. The Kier molecular flexibility index (Phi) is 9.65. The number of nitrogens with one attached hydrogen (secondary N) is 1. The van der Waals surface area contributed by atoms with Gasteiger partial charge in [0.1, 0.15) is 0 Å². The third-order valence-corrected chi connectivity index (χ3v) is 4.99. The first-order valence-corrected chi connectivity index (χ1v) is 9.18. The zero-order valence-corrected chi connectivity index (χ0v) is 18.6. The van der Waals surface area contributed by atoms with Gasteiger partial charge in [0.05, 0.1) is 17.2 Å². The lowest BCUT2D eigenvalue weighted by Crippen LogP contribution is -2.50. The number of hydrogen-bond donors (Lipinski definition) is 1. The molecule has 1 aliphatic rings. The molecule has 0 aliphatic carbocycles. The number of carbonyl (C=O) groups excluding carboxylic acids is 1. The fourth-order valence-electron chi connectivity index (χ4n) is 2.80. The molecular weight excluding hydrogens is 451 g/mol. The van der Waals surface area contributed by atoms with Crippen molar-refractivity contribution in [1.82, 2.24) is 25.0 Å². The van der Waals surface area contributed by atoms with E-state index in [0.717, 1.165) is 62.5 Å². The lowest BCUT2D eigenvalue weighted by molar-refractivity contribution is -0.130. The van der Waals surface area contributed by atoms with Crippen LogP contribution in [0.15, 0.2) is 10.4 Å². The molecule has 142 valence electrons. The van der Waals surface area contributed by atoms with Crippen LogP contribution in [0.25, 0.3) is 0 Å². The van der Waals surface area contributed by atoms with Gasteiger partial charge in [0.15, 0.2) is 5.96 Å². The van der Waals surface area contributed by atoms with Gasteiger partial charge in [-0.25, -0.2) is 4.98 Å².